The molecular weight excluding hydrogens is 408 g/mol. The summed E-state index contributed by atoms with van der Waals surface area (Å²) >= 11 is 0. The van der Waals surface area contributed by atoms with Crippen LogP contribution in [0, 0.1) is 12.7 Å². The topological polar surface area (TPSA) is 32.3 Å². The fourth-order valence-corrected chi connectivity index (χ4v) is 3.71. The van der Waals surface area contributed by atoms with Crippen molar-refractivity contribution in [2.75, 3.05) is 36.0 Å². The Balaban J connectivity index is 1.45. The van der Waals surface area contributed by atoms with Crippen LogP contribution in [0.2, 0.25) is 0 Å². The fraction of sp³-hybridized carbons (Fsp3) is 0.304. The Morgan fingerprint density at radius 1 is 0.871 bits per heavy atom. The van der Waals surface area contributed by atoms with Crippen LogP contribution in [0.1, 0.15) is 22.4 Å². The molecule has 2 heterocycles. The Morgan fingerprint density at radius 3 is 2.23 bits per heavy atom. The minimum atomic E-state index is -4.35. The average Bonchev–Trinajstić information content (AvgIpc) is 2.76. The first kappa shape index (κ1) is 21.1. The molecule has 4 rings (SSSR count). The van der Waals surface area contributed by atoms with Crippen LogP contribution in [0.4, 0.5) is 29.1 Å². The van der Waals surface area contributed by atoms with Crippen LogP contribution < -0.4 is 9.80 Å². The highest BCUT2D eigenvalue weighted by molar-refractivity contribution is 5.52. The number of rotatable bonds is 4. The monoisotopic (exact) mass is 430 g/mol. The molecule has 0 amide bonds. The number of nitrogens with zero attached hydrogens (tertiary/aromatic N) is 4. The van der Waals surface area contributed by atoms with Gasteiger partial charge in [-0.3, -0.25) is 0 Å². The van der Waals surface area contributed by atoms with Crippen LogP contribution >= 0.6 is 0 Å². The first-order chi connectivity index (χ1) is 14.8. The summed E-state index contributed by atoms with van der Waals surface area (Å²) in [6, 6.07) is 13.8. The van der Waals surface area contributed by atoms with Crippen molar-refractivity contribution in [3.05, 3.63) is 82.8 Å². The minimum absolute atomic E-state index is 0.271. The number of hydrogen-bond acceptors (Lipinski definition) is 4. The van der Waals surface area contributed by atoms with Crippen molar-refractivity contribution < 1.29 is 17.6 Å². The summed E-state index contributed by atoms with van der Waals surface area (Å²) < 4.78 is 52.2. The van der Waals surface area contributed by atoms with Crippen molar-refractivity contribution >= 4 is 11.5 Å². The van der Waals surface area contributed by atoms with Gasteiger partial charge in [-0.2, -0.15) is 18.3 Å². The number of benzene rings is 2. The molecule has 1 saturated heterocycles. The van der Waals surface area contributed by atoms with Gasteiger partial charge < -0.3 is 9.80 Å². The van der Waals surface area contributed by atoms with Crippen LogP contribution in [0.5, 0.6) is 0 Å². The van der Waals surface area contributed by atoms with Gasteiger partial charge in [0.1, 0.15) is 5.82 Å². The Morgan fingerprint density at radius 2 is 1.55 bits per heavy atom. The van der Waals surface area contributed by atoms with Crippen LogP contribution in [0.3, 0.4) is 0 Å². The molecule has 0 unspecified atom stereocenters. The largest absolute Gasteiger partial charge is 0.416 e. The third kappa shape index (κ3) is 4.95. The number of aryl methyl sites for hydroxylation is 1. The first-order valence-corrected chi connectivity index (χ1v) is 10.0. The van der Waals surface area contributed by atoms with E-state index in [0.29, 0.717) is 38.3 Å². The van der Waals surface area contributed by atoms with Crippen molar-refractivity contribution in [1.29, 1.82) is 0 Å². The Kier molecular flexibility index (Phi) is 5.80. The van der Waals surface area contributed by atoms with Gasteiger partial charge in [0, 0.05) is 31.9 Å². The van der Waals surface area contributed by atoms with E-state index in [2.05, 4.69) is 15.1 Å². The smallest absolute Gasteiger partial charge is 0.368 e. The zero-order valence-corrected chi connectivity index (χ0v) is 17.0. The maximum Gasteiger partial charge on any atom is 0.416 e. The summed E-state index contributed by atoms with van der Waals surface area (Å²) in [4.78, 5) is 4.04. The number of anilines is 2. The highest BCUT2D eigenvalue weighted by Gasteiger charge is 2.31. The molecule has 0 aliphatic carbocycles. The van der Waals surface area contributed by atoms with Gasteiger partial charge in [-0.1, -0.05) is 18.2 Å². The zero-order valence-electron chi connectivity index (χ0n) is 17.0. The Hall–Kier alpha value is -3.16. The second-order valence-electron chi connectivity index (χ2n) is 7.64. The zero-order chi connectivity index (χ0) is 22.0. The molecule has 3 aromatic rings. The highest BCUT2D eigenvalue weighted by atomic mass is 19.4. The van der Waals surface area contributed by atoms with E-state index in [1.807, 2.05) is 17.9 Å². The van der Waals surface area contributed by atoms with Gasteiger partial charge in [0.05, 0.1) is 11.3 Å². The Labute approximate surface area is 178 Å². The molecule has 1 aliphatic heterocycles. The van der Waals surface area contributed by atoms with Crippen molar-refractivity contribution in [1.82, 2.24) is 10.2 Å². The van der Waals surface area contributed by atoms with Crippen molar-refractivity contribution in [3.8, 4) is 0 Å². The summed E-state index contributed by atoms with van der Waals surface area (Å²) in [5.41, 5.74) is 2.74. The predicted molar refractivity (Wildman–Crippen MR) is 112 cm³/mol. The molecule has 0 saturated carbocycles. The SMILES string of the molecule is Cc1nnc(N2CCN(c3cccc(C(F)(F)F)c3)CC2)cc1Cc1ccc(F)cc1. The average molecular weight is 430 g/mol. The normalized spacial score (nSPS) is 14.7. The molecule has 1 aromatic heterocycles. The van der Waals surface area contributed by atoms with E-state index in [1.165, 1.54) is 24.3 Å². The highest BCUT2D eigenvalue weighted by Crippen LogP contribution is 2.32. The van der Waals surface area contributed by atoms with Gasteiger partial charge in [-0.15, -0.1) is 5.10 Å². The van der Waals surface area contributed by atoms with E-state index in [4.69, 9.17) is 0 Å². The standard InChI is InChI=1S/C23H22F4N4/c1-16-18(13-17-5-7-20(24)8-6-17)14-22(29-28-16)31-11-9-30(10-12-31)21-4-2-3-19(15-21)23(25,26)27/h2-8,14-15H,9-13H2,1H3. The van der Waals surface area contributed by atoms with Crippen LogP contribution in [-0.4, -0.2) is 36.4 Å². The lowest BCUT2D eigenvalue weighted by molar-refractivity contribution is -0.137. The van der Waals surface area contributed by atoms with Gasteiger partial charge in [0.25, 0.3) is 0 Å². The Bertz CT molecular complexity index is 1040. The molecular formula is C23H22F4N4. The number of piperazine rings is 1. The third-order valence-electron chi connectivity index (χ3n) is 5.52. The molecule has 162 valence electrons. The third-order valence-corrected chi connectivity index (χ3v) is 5.52. The van der Waals surface area contributed by atoms with E-state index < -0.39 is 11.7 Å². The molecule has 0 spiro atoms. The molecule has 0 bridgehead atoms. The van der Waals surface area contributed by atoms with Gasteiger partial charge in [0.15, 0.2) is 5.82 Å². The maximum atomic E-state index is 13.2. The van der Waals surface area contributed by atoms with Crippen LogP contribution in [0.15, 0.2) is 54.6 Å². The van der Waals surface area contributed by atoms with E-state index >= 15 is 0 Å². The molecule has 31 heavy (non-hydrogen) atoms. The minimum Gasteiger partial charge on any atom is -0.368 e. The second-order valence-corrected chi connectivity index (χ2v) is 7.64. The summed E-state index contributed by atoms with van der Waals surface area (Å²) in [5.74, 6) is 0.471. The fourth-order valence-electron chi connectivity index (χ4n) is 3.71. The lowest BCUT2D eigenvalue weighted by Gasteiger charge is -2.36. The lowest BCUT2D eigenvalue weighted by atomic mass is 10.0. The number of hydrogen-bond donors (Lipinski definition) is 0. The van der Waals surface area contributed by atoms with Crippen LogP contribution in [0.25, 0.3) is 0 Å². The molecule has 1 aliphatic rings. The van der Waals surface area contributed by atoms with Crippen molar-refractivity contribution in [2.24, 2.45) is 0 Å². The van der Waals surface area contributed by atoms with E-state index in [1.54, 1.807) is 18.2 Å². The molecule has 4 nitrogen and oxygen atoms in total. The summed E-state index contributed by atoms with van der Waals surface area (Å²) in [6.45, 7) is 4.32. The van der Waals surface area contributed by atoms with Gasteiger partial charge in [-0.05, 0) is 60.9 Å². The van der Waals surface area contributed by atoms with Crippen molar-refractivity contribution in [2.45, 2.75) is 19.5 Å². The summed E-state index contributed by atoms with van der Waals surface area (Å²) in [6.07, 6.45) is -3.73. The molecule has 1 fully saturated rings. The molecule has 2 aromatic carbocycles. The number of alkyl halides is 3. The van der Waals surface area contributed by atoms with E-state index in [-0.39, 0.29) is 5.82 Å². The van der Waals surface area contributed by atoms with Crippen molar-refractivity contribution in [3.63, 3.8) is 0 Å². The number of halogens is 4. The van der Waals surface area contributed by atoms with Gasteiger partial charge >= 0.3 is 6.18 Å². The summed E-state index contributed by atoms with van der Waals surface area (Å²) in [7, 11) is 0. The van der Waals surface area contributed by atoms with Gasteiger partial charge in [-0.25, -0.2) is 4.39 Å². The quantitative estimate of drug-likeness (QED) is 0.554. The van der Waals surface area contributed by atoms with Crippen LogP contribution in [-0.2, 0) is 12.6 Å². The number of aromatic nitrogens is 2. The van der Waals surface area contributed by atoms with Gasteiger partial charge in [0.2, 0.25) is 0 Å². The first-order valence-electron chi connectivity index (χ1n) is 10.0. The maximum absolute atomic E-state index is 13.2. The van der Waals surface area contributed by atoms with E-state index in [9.17, 15) is 17.6 Å². The molecule has 8 heteroatoms. The molecule has 0 N–H and O–H groups in total. The molecule has 0 radical (unpaired) electrons. The lowest BCUT2D eigenvalue weighted by Crippen LogP contribution is -2.47. The molecule has 0 atom stereocenters. The van der Waals surface area contributed by atoms with E-state index in [0.717, 1.165) is 28.7 Å². The second kappa shape index (κ2) is 8.53. The predicted octanol–water partition coefficient (Wildman–Crippen LogP) is 4.86. The summed E-state index contributed by atoms with van der Waals surface area (Å²) in [5, 5.41) is 8.59.